The van der Waals surface area contributed by atoms with Crippen molar-refractivity contribution in [3.05, 3.63) is 188 Å². The lowest BCUT2D eigenvalue weighted by Crippen LogP contribution is -2.10. The van der Waals surface area contributed by atoms with Gasteiger partial charge in [0.25, 0.3) is 0 Å². The summed E-state index contributed by atoms with van der Waals surface area (Å²) < 4.78 is 9.17. The van der Waals surface area contributed by atoms with Crippen LogP contribution in [0.5, 0.6) is 0 Å². The third kappa shape index (κ3) is 4.93. The molecular weight excluding hydrogens is 663 g/mol. The highest BCUT2D eigenvalue weighted by molar-refractivity contribution is 7.26. The summed E-state index contributed by atoms with van der Waals surface area (Å²) in [4.78, 5) is 2.39. The van der Waals surface area contributed by atoms with Crippen molar-refractivity contribution in [1.29, 1.82) is 0 Å². The Bertz CT molecular complexity index is 3050. The number of rotatable bonds is 5. The molecule has 2 heterocycles. The summed E-state index contributed by atoms with van der Waals surface area (Å²) in [6, 6.07) is 68.0. The standard InChI is InChI=1S/C50H31NOS/c1-3-10-36-30-38(18-16-32(36)8-1)34-20-24-40(25-21-34)51(41-26-22-35(23-27-41)39-19-17-33-9-2-4-11-37(33)31-39)44-13-7-14-45-48(44)49-46(52-45)29-28-43-42-12-5-6-15-47(42)53-50(43)49/h1-31H. The molecule has 0 N–H and O–H groups in total. The van der Waals surface area contributed by atoms with E-state index in [0.717, 1.165) is 33.6 Å². The van der Waals surface area contributed by atoms with Gasteiger partial charge in [-0.2, -0.15) is 0 Å². The van der Waals surface area contributed by atoms with Crippen LogP contribution in [-0.4, -0.2) is 0 Å². The van der Waals surface area contributed by atoms with Gasteiger partial charge in [0.15, 0.2) is 0 Å². The molecule has 3 heteroatoms. The largest absolute Gasteiger partial charge is 0.456 e. The molecule has 2 aromatic heterocycles. The Hall–Kier alpha value is -6.68. The van der Waals surface area contributed by atoms with Gasteiger partial charge in [0.2, 0.25) is 0 Å². The van der Waals surface area contributed by atoms with E-state index in [9.17, 15) is 0 Å². The third-order valence-electron chi connectivity index (χ3n) is 10.6. The first-order valence-corrected chi connectivity index (χ1v) is 18.8. The molecule has 0 unspecified atom stereocenters. The molecule has 11 rings (SSSR count). The Kier molecular flexibility index (Phi) is 6.76. The number of thiophene rings is 1. The monoisotopic (exact) mass is 693 g/mol. The van der Waals surface area contributed by atoms with Crippen LogP contribution in [0.2, 0.25) is 0 Å². The van der Waals surface area contributed by atoms with E-state index in [0.29, 0.717) is 0 Å². The molecule has 11 aromatic rings. The topological polar surface area (TPSA) is 16.4 Å². The Morgan fingerprint density at radius 3 is 1.57 bits per heavy atom. The number of benzene rings is 9. The molecule has 0 bridgehead atoms. The average molecular weight is 694 g/mol. The SMILES string of the molecule is c1ccc2cc(-c3ccc(N(c4ccc(-c5ccc6ccccc6c5)cc4)c4cccc5oc6ccc7c8ccccc8sc7c6c45)cc3)ccc2c1. The van der Waals surface area contributed by atoms with Crippen LogP contribution >= 0.6 is 11.3 Å². The van der Waals surface area contributed by atoms with Crippen LogP contribution in [-0.2, 0) is 0 Å². The quantitative estimate of drug-likeness (QED) is 0.178. The first kappa shape index (κ1) is 30.0. The second-order valence-corrected chi connectivity index (χ2v) is 14.8. The zero-order chi connectivity index (χ0) is 34.9. The molecule has 0 atom stereocenters. The summed E-state index contributed by atoms with van der Waals surface area (Å²) in [5.41, 5.74) is 9.82. The summed E-state index contributed by atoms with van der Waals surface area (Å²) in [5, 5.41) is 9.82. The van der Waals surface area contributed by atoms with Crippen molar-refractivity contribution in [2.24, 2.45) is 0 Å². The minimum absolute atomic E-state index is 0.882. The second-order valence-electron chi connectivity index (χ2n) is 13.7. The van der Waals surface area contributed by atoms with E-state index in [1.54, 1.807) is 0 Å². The van der Waals surface area contributed by atoms with Gasteiger partial charge in [-0.1, -0.05) is 121 Å². The zero-order valence-electron chi connectivity index (χ0n) is 28.7. The lowest BCUT2D eigenvalue weighted by Gasteiger charge is -2.26. The van der Waals surface area contributed by atoms with E-state index in [1.165, 1.54) is 69.4 Å². The van der Waals surface area contributed by atoms with E-state index in [1.807, 2.05) is 11.3 Å². The van der Waals surface area contributed by atoms with E-state index in [4.69, 9.17) is 4.42 Å². The maximum absolute atomic E-state index is 6.62. The van der Waals surface area contributed by atoms with Crippen molar-refractivity contribution < 1.29 is 4.42 Å². The number of furan rings is 1. The fourth-order valence-corrected chi connectivity index (χ4v) is 9.27. The summed E-state index contributed by atoms with van der Waals surface area (Å²) in [7, 11) is 0. The number of nitrogens with zero attached hydrogens (tertiary/aromatic N) is 1. The molecule has 2 nitrogen and oxygen atoms in total. The van der Waals surface area contributed by atoms with Gasteiger partial charge in [0, 0.05) is 36.9 Å². The summed E-state index contributed by atoms with van der Waals surface area (Å²) in [6.45, 7) is 0. The van der Waals surface area contributed by atoms with Crippen molar-refractivity contribution in [2.75, 3.05) is 4.90 Å². The Morgan fingerprint density at radius 2 is 0.925 bits per heavy atom. The fraction of sp³-hybridized carbons (Fsp3) is 0. The van der Waals surface area contributed by atoms with Crippen LogP contribution < -0.4 is 4.90 Å². The van der Waals surface area contributed by atoms with Crippen LogP contribution in [0.3, 0.4) is 0 Å². The zero-order valence-corrected chi connectivity index (χ0v) is 29.5. The number of hydrogen-bond donors (Lipinski definition) is 0. The van der Waals surface area contributed by atoms with Gasteiger partial charge in [-0.25, -0.2) is 0 Å². The van der Waals surface area contributed by atoms with Crippen LogP contribution in [0.4, 0.5) is 17.1 Å². The fourth-order valence-electron chi connectivity index (χ4n) is 8.02. The first-order chi connectivity index (χ1) is 26.2. The second kappa shape index (κ2) is 11.9. The molecule has 248 valence electrons. The highest BCUT2D eigenvalue weighted by Crippen LogP contribution is 2.48. The predicted molar refractivity (Wildman–Crippen MR) is 227 cm³/mol. The van der Waals surface area contributed by atoms with Crippen molar-refractivity contribution in [2.45, 2.75) is 0 Å². The molecule has 9 aromatic carbocycles. The lowest BCUT2D eigenvalue weighted by molar-refractivity contribution is 0.669. The normalized spacial score (nSPS) is 11.8. The van der Waals surface area contributed by atoms with Crippen molar-refractivity contribution in [3.8, 4) is 22.3 Å². The summed E-state index contributed by atoms with van der Waals surface area (Å²) >= 11 is 1.84. The Morgan fingerprint density at radius 1 is 0.377 bits per heavy atom. The van der Waals surface area contributed by atoms with Crippen LogP contribution in [0.15, 0.2) is 192 Å². The van der Waals surface area contributed by atoms with Crippen molar-refractivity contribution >= 4 is 92.1 Å². The van der Waals surface area contributed by atoms with Crippen LogP contribution in [0.1, 0.15) is 0 Å². The molecule has 0 radical (unpaired) electrons. The smallest absolute Gasteiger partial charge is 0.137 e. The minimum atomic E-state index is 0.882. The molecule has 0 aliphatic carbocycles. The molecule has 53 heavy (non-hydrogen) atoms. The predicted octanol–water partition coefficient (Wildman–Crippen LogP) is 15.1. The maximum atomic E-state index is 6.62. The molecule has 0 spiro atoms. The van der Waals surface area contributed by atoms with Crippen LogP contribution in [0.25, 0.3) is 85.9 Å². The van der Waals surface area contributed by atoms with Gasteiger partial charge < -0.3 is 9.32 Å². The molecule has 0 fully saturated rings. The van der Waals surface area contributed by atoms with Gasteiger partial charge in [0.05, 0.1) is 11.1 Å². The highest BCUT2D eigenvalue weighted by Gasteiger charge is 2.22. The van der Waals surface area contributed by atoms with E-state index in [-0.39, 0.29) is 0 Å². The summed E-state index contributed by atoms with van der Waals surface area (Å²) in [5.74, 6) is 0. The van der Waals surface area contributed by atoms with Crippen molar-refractivity contribution in [3.63, 3.8) is 0 Å². The molecule has 0 aliphatic heterocycles. The number of hydrogen-bond acceptors (Lipinski definition) is 3. The average Bonchev–Trinajstić information content (AvgIpc) is 3.80. The Labute approximate surface area is 310 Å². The molecule has 0 saturated carbocycles. The number of anilines is 3. The van der Waals surface area contributed by atoms with Gasteiger partial charge in [0.1, 0.15) is 11.2 Å². The molecule has 0 aliphatic rings. The number of fused-ring (bicyclic) bond motifs is 9. The van der Waals surface area contributed by atoms with E-state index >= 15 is 0 Å². The van der Waals surface area contributed by atoms with E-state index in [2.05, 4.69) is 193 Å². The maximum Gasteiger partial charge on any atom is 0.137 e. The molecular formula is C50H31NOS. The molecule has 0 amide bonds. The Balaban J connectivity index is 1.10. The van der Waals surface area contributed by atoms with Gasteiger partial charge >= 0.3 is 0 Å². The third-order valence-corrected chi connectivity index (χ3v) is 11.8. The van der Waals surface area contributed by atoms with E-state index < -0.39 is 0 Å². The van der Waals surface area contributed by atoms with Gasteiger partial charge in [-0.05, 0) is 111 Å². The highest BCUT2D eigenvalue weighted by atomic mass is 32.1. The van der Waals surface area contributed by atoms with Crippen molar-refractivity contribution in [1.82, 2.24) is 0 Å². The lowest BCUT2D eigenvalue weighted by atomic mass is 10.00. The minimum Gasteiger partial charge on any atom is -0.456 e. The first-order valence-electron chi connectivity index (χ1n) is 18.0. The van der Waals surface area contributed by atoms with Gasteiger partial charge in [-0.3, -0.25) is 0 Å². The van der Waals surface area contributed by atoms with Crippen LogP contribution in [0, 0.1) is 0 Å². The summed E-state index contributed by atoms with van der Waals surface area (Å²) in [6.07, 6.45) is 0. The van der Waals surface area contributed by atoms with Gasteiger partial charge in [-0.15, -0.1) is 11.3 Å². The molecule has 0 saturated heterocycles.